The number of carbonyl (C=O) groups is 1. The molecule has 0 heterocycles. The van der Waals surface area contributed by atoms with Crippen LogP contribution < -0.4 is 5.32 Å². The number of hydrogen-bond acceptors (Lipinski definition) is 1. The lowest BCUT2D eigenvalue weighted by Crippen LogP contribution is -2.12. The van der Waals surface area contributed by atoms with Gasteiger partial charge in [-0.1, -0.05) is 17.7 Å². The van der Waals surface area contributed by atoms with Crippen LogP contribution in [0, 0.1) is 19.7 Å². The van der Waals surface area contributed by atoms with E-state index in [1.54, 1.807) is 25.1 Å². The molecule has 0 aliphatic heterocycles. The van der Waals surface area contributed by atoms with Gasteiger partial charge in [0.15, 0.2) is 0 Å². The molecule has 2 nitrogen and oxygen atoms in total. The Morgan fingerprint density at radius 1 is 1.11 bits per heavy atom. The summed E-state index contributed by atoms with van der Waals surface area (Å²) in [6, 6.07) is 11.8. The van der Waals surface area contributed by atoms with Gasteiger partial charge in [0.05, 0.1) is 0 Å². The SMILES string of the molecule is Cc1cccc(C(=O)Nc2ccc(F)c(C)c2)c1. The smallest absolute Gasteiger partial charge is 0.255 e. The van der Waals surface area contributed by atoms with Crippen LogP contribution in [-0.4, -0.2) is 5.91 Å². The highest BCUT2D eigenvalue weighted by atomic mass is 19.1. The fourth-order valence-electron chi connectivity index (χ4n) is 1.71. The van der Waals surface area contributed by atoms with E-state index in [1.807, 2.05) is 25.1 Å². The molecule has 2 rings (SSSR count). The predicted molar refractivity (Wildman–Crippen MR) is 70.3 cm³/mol. The molecule has 0 saturated carbocycles. The number of amides is 1. The summed E-state index contributed by atoms with van der Waals surface area (Å²) in [5, 5.41) is 2.75. The van der Waals surface area contributed by atoms with Crippen LogP contribution >= 0.6 is 0 Å². The van der Waals surface area contributed by atoms with Gasteiger partial charge in [0.1, 0.15) is 5.82 Å². The summed E-state index contributed by atoms with van der Waals surface area (Å²) in [6.45, 7) is 3.59. The van der Waals surface area contributed by atoms with E-state index in [0.717, 1.165) is 5.56 Å². The Morgan fingerprint density at radius 2 is 1.89 bits per heavy atom. The maximum atomic E-state index is 13.1. The molecular weight excluding hydrogens is 229 g/mol. The van der Waals surface area contributed by atoms with E-state index in [0.29, 0.717) is 16.8 Å². The van der Waals surface area contributed by atoms with Crippen molar-refractivity contribution in [2.75, 3.05) is 5.32 Å². The topological polar surface area (TPSA) is 29.1 Å². The van der Waals surface area contributed by atoms with Crippen molar-refractivity contribution in [3.63, 3.8) is 0 Å². The van der Waals surface area contributed by atoms with Crippen molar-refractivity contribution in [2.45, 2.75) is 13.8 Å². The lowest BCUT2D eigenvalue weighted by Gasteiger charge is -2.07. The average Bonchev–Trinajstić information content (AvgIpc) is 2.34. The van der Waals surface area contributed by atoms with E-state index in [9.17, 15) is 9.18 Å². The van der Waals surface area contributed by atoms with Crippen molar-refractivity contribution >= 4 is 11.6 Å². The summed E-state index contributed by atoms with van der Waals surface area (Å²) in [4.78, 5) is 12.0. The molecule has 0 spiro atoms. The standard InChI is InChI=1S/C15H14FNO/c1-10-4-3-5-12(8-10)15(18)17-13-6-7-14(16)11(2)9-13/h3-9H,1-2H3,(H,17,18). The molecule has 18 heavy (non-hydrogen) atoms. The molecule has 0 aromatic heterocycles. The van der Waals surface area contributed by atoms with Crippen molar-refractivity contribution in [1.29, 1.82) is 0 Å². The molecule has 1 N–H and O–H groups in total. The van der Waals surface area contributed by atoms with E-state index in [1.165, 1.54) is 6.07 Å². The number of benzene rings is 2. The van der Waals surface area contributed by atoms with Gasteiger partial charge in [-0.3, -0.25) is 4.79 Å². The van der Waals surface area contributed by atoms with Crippen molar-refractivity contribution in [3.8, 4) is 0 Å². The summed E-state index contributed by atoms with van der Waals surface area (Å²) in [5.41, 5.74) is 2.73. The van der Waals surface area contributed by atoms with Crippen LogP contribution in [0.1, 0.15) is 21.5 Å². The van der Waals surface area contributed by atoms with Crippen LogP contribution in [-0.2, 0) is 0 Å². The highest BCUT2D eigenvalue weighted by molar-refractivity contribution is 6.04. The number of rotatable bonds is 2. The Kier molecular flexibility index (Phi) is 3.42. The van der Waals surface area contributed by atoms with Gasteiger partial charge < -0.3 is 5.32 Å². The minimum Gasteiger partial charge on any atom is -0.322 e. The van der Waals surface area contributed by atoms with Gasteiger partial charge >= 0.3 is 0 Å². The third-order valence-electron chi connectivity index (χ3n) is 2.70. The van der Waals surface area contributed by atoms with E-state index in [2.05, 4.69) is 5.32 Å². The Bertz CT molecular complexity index is 593. The third-order valence-corrected chi connectivity index (χ3v) is 2.70. The second kappa shape index (κ2) is 5.00. The quantitative estimate of drug-likeness (QED) is 0.856. The van der Waals surface area contributed by atoms with Gasteiger partial charge in [0.25, 0.3) is 5.91 Å². The van der Waals surface area contributed by atoms with E-state index in [-0.39, 0.29) is 11.7 Å². The van der Waals surface area contributed by atoms with Crippen molar-refractivity contribution < 1.29 is 9.18 Å². The summed E-state index contributed by atoms with van der Waals surface area (Å²) >= 11 is 0. The van der Waals surface area contributed by atoms with Crippen molar-refractivity contribution in [3.05, 3.63) is 65.0 Å². The first-order valence-electron chi connectivity index (χ1n) is 5.70. The average molecular weight is 243 g/mol. The highest BCUT2D eigenvalue weighted by Gasteiger charge is 2.07. The van der Waals surface area contributed by atoms with Crippen LogP contribution in [0.15, 0.2) is 42.5 Å². The summed E-state index contributed by atoms with van der Waals surface area (Å²) in [7, 11) is 0. The normalized spacial score (nSPS) is 10.2. The first-order chi connectivity index (χ1) is 8.56. The molecule has 2 aromatic rings. The third kappa shape index (κ3) is 2.74. The summed E-state index contributed by atoms with van der Waals surface area (Å²) in [5.74, 6) is -0.465. The van der Waals surface area contributed by atoms with Gasteiger partial charge in [0, 0.05) is 11.3 Å². The van der Waals surface area contributed by atoms with Gasteiger partial charge in [-0.15, -0.1) is 0 Å². The zero-order valence-electron chi connectivity index (χ0n) is 10.3. The van der Waals surface area contributed by atoms with E-state index >= 15 is 0 Å². The lowest BCUT2D eigenvalue weighted by molar-refractivity contribution is 0.102. The first kappa shape index (κ1) is 12.3. The van der Waals surface area contributed by atoms with Gasteiger partial charge in [-0.05, 0) is 49.7 Å². The van der Waals surface area contributed by atoms with Crippen LogP contribution in [0.2, 0.25) is 0 Å². The van der Waals surface area contributed by atoms with Gasteiger partial charge in [0.2, 0.25) is 0 Å². The molecular formula is C15H14FNO. The molecule has 0 aliphatic carbocycles. The predicted octanol–water partition coefficient (Wildman–Crippen LogP) is 3.69. The van der Waals surface area contributed by atoms with Crippen molar-refractivity contribution in [2.24, 2.45) is 0 Å². The number of carbonyl (C=O) groups excluding carboxylic acids is 1. The van der Waals surface area contributed by atoms with Crippen LogP contribution in [0.4, 0.5) is 10.1 Å². The highest BCUT2D eigenvalue weighted by Crippen LogP contribution is 2.15. The number of hydrogen-bond donors (Lipinski definition) is 1. The minimum absolute atomic E-state index is 0.190. The Balaban J connectivity index is 2.18. The van der Waals surface area contributed by atoms with Crippen LogP contribution in [0.3, 0.4) is 0 Å². The number of anilines is 1. The second-order valence-electron chi connectivity index (χ2n) is 4.29. The number of aryl methyl sites for hydroxylation is 2. The summed E-state index contributed by atoms with van der Waals surface area (Å²) in [6.07, 6.45) is 0. The molecule has 92 valence electrons. The van der Waals surface area contributed by atoms with Gasteiger partial charge in [-0.25, -0.2) is 4.39 Å². The summed E-state index contributed by atoms with van der Waals surface area (Å²) < 4.78 is 13.1. The Hall–Kier alpha value is -2.16. The fraction of sp³-hybridized carbons (Fsp3) is 0.133. The second-order valence-corrected chi connectivity index (χ2v) is 4.29. The maximum Gasteiger partial charge on any atom is 0.255 e. The largest absolute Gasteiger partial charge is 0.322 e. The van der Waals surface area contributed by atoms with Crippen LogP contribution in [0.5, 0.6) is 0 Å². The first-order valence-corrected chi connectivity index (χ1v) is 5.70. The van der Waals surface area contributed by atoms with Crippen molar-refractivity contribution in [1.82, 2.24) is 0 Å². The molecule has 1 amide bonds. The zero-order valence-corrected chi connectivity index (χ0v) is 10.3. The molecule has 0 saturated heterocycles. The maximum absolute atomic E-state index is 13.1. The Labute approximate surface area is 105 Å². The molecule has 0 bridgehead atoms. The number of halogens is 1. The molecule has 0 fully saturated rings. The minimum atomic E-state index is -0.274. The molecule has 0 unspecified atom stereocenters. The van der Waals surface area contributed by atoms with E-state index < -0.39 is 0 Å². The van der Waals surface area contributed by atoms with Crippen LogP contribution in [0.25, 0.3) is 0 Å². The number of nitrogens with one attached hydrogen (secondary N) is 1. The van der Waals surface area contributed by atoms with Gasteiger partial charge in [-0.2, -0.15) is 0 Å². The molecule has 3 heteroatoms. The monoisotopic (exact) mass is 243 g/mol. The molecule has 0 radical (unpaired) electrons. The lowest BCUT2D eigenvalue weighted by atomic mass is 10.1. The zero-order chi connectivity index (χ0) is 13.1. The van der Waals surface area contributed by atoms with E-state index in [4.69, 9.17) is 0 Å². The fourth-order valence-corrected chi connectivity index (χ4v) is 1.71. The molecule has 2 aromatic carbocycles. The molecule has 0 aliphatic rings. The molecule has 0 atom stereocenters. The Morgan fingerprint density at radius 3 is 2.56 bits per heavy atom.